The van der Waals surface area contributed by atoms with Gasteiger partial charge < -0.3 is 42.5 Å². The molecule has 0 radical (unpaired) electrons. The average Bonchev–Trinajstić information content (AvgIpc) is 1.60. The van der Waals surface area contributed by atoms with Crippen molar-refractivity contribution in [2.24, 2.45) is 44.6 Å². The Morgan fingerprint density at radius 1 is 0.302 bits per heavy atom. The highest BCUT2D eigenvalue weighted by molar-refractivity contribution is 6.45. The first kappa shape index (κ1) is 80.6. The van der Waals surface area contributed by atoms with Crippen LogP contribution in [-0.4, -0.2) is 182 Å². The summed E-state index contributed by atoms with van der Waals surface area (Å²) in [5.41, 5.74) is 34.8. The minimum atomic E-state index is -0.876. The Morgan fingerprint density at radius 2 is 0.500 bits per heavy atom. The van der Waals surface area contributed by atoms with Gasteiger partial charge >= 0.3 is 0 Å². The standard InChI is InChI=1S/4C20H21Cl2FN6/c4*21-12-3-1-2-11(15(12)22)16-17-19(28-27-16)26-14(10-25-17)29-8-6-20(7-9-29)5-4-13(23)18(20)24/h4*1-3,10,13,18H,4-9,24H2,(H,26,27,28)/t2*13-,18+;2*13-,18-/m1010/s1. The molecule has 36 heteroatoms. The lowest BCUT2D eigenvalue weighted by atomic mass is 9.74. The summed E-state index contributed by atoms with van der Waals surface area (Å²) in [5, 5.41) is 32.9. The maximum atomic E-state index is 13.9. The summed E-state index contributed by atoms with van der Waals surface area (Å²) in [6.07, 6.45) is 16.3. The summed E-state index contributed by atoms with van der Waals surface area (Å²) in [7, 11) is 0. The smallest absolute Gasteiger partial charge is 0.202 e. The van der Waals surface area contributed by atoms with Gasteiger partial charge in [0.15, 0.2) is 0 Å². The number of piperidine rings is 4. The maximum absolute atomic E-state index is 13.9. The SMILES string of the molecule is N[C@@H]1[C@@H](F)CCC12CCN(c1cnc3c(-c4cccc(Cl)c4Cl)[nH]nc3n1)CC2.N[C@@H]1[C@H](F)CCC12CCN(c1cnc3c(-c4cccc(Cl)c4Cl)[nH]nc3n1)CC2.N[C@H]1[C@@H](F)CCC12CCN(c1cnc3c(-c4cccc(Cl)c4Cl)[nH]nc3n1)CC2.N[C@H]1[C@H](F)CCC12CCN(c1cnc3c(-c4cccc(Cl)c4Cl)[nH]nc3n1)CC2. The fraction of sp³-hybridized carbons (Fsp3) is 0.450. The Labute approximate surface area is 704 Å². The summed E-state index contributed by atoms with van der Waals surface area (Å²) in [4.78, 5) is 45.8. The van der Waals surface area contributed by atoms with Gasteiger partial charge in [-0.15, -0.1) is 0 Å². The molecule has 4 aliphatic carbocycles. The quantitative estimate of drug-likeness (QED) is 0.0655. The van der Waals surface area contributed by atoms with Crippen LogP contribution in [0.1, 0.15) is 103 Å². The third-order valence-corrected chi connectivity index (χ3v) is 29.6. The number of hydrogen-bond donors (Lipinski definition) is 8. The molecule has 116 heavy (non-hydrogen) atoms. The first-order valence-electron chi connectivity index (χ1n) is 39.1. The van der Waals surface area contributed by atoms with E-state index in [1.165, 1.54) is 0 Å². The van der Waals surface area contributed by atoms with Crippen LogP contribution < -0.4 is 42.5 Å². The van der Waals surface area contributed by atoms with Crippen molar-refractivity contribution in [2.45, 2.75) is 152 Å². The van der Waals surface area contributed by atoms with Crippen LogP contribution in [0.4, 0.5) is 40.8 Å². The van der Waals surface area contributed by atoms with Crippen molar-refractivity contribution >= 4 is 161 Å². The average molecular weight is 1740 g/mol. The Kier molecular flexibility index (Phi) is 22.7. The second kappa shape index (κ2) is 32.7. The predicted octanol–water partition coefficient (Wildman–Crippen LogP) is 17.5. The van der Waals surface area contributed by atoms with Crippen molar-refractivity contribution in [3.8, 4) is 45.0 Å². The first-order valence-corrected chi connectivity index (χ1v) is 42.2. The van der Waals surface area contributed by atoms with Crippen LogP contribution in [0.2, 0.25) is 40.2 Å². The van der Waals surface area contributed by atoms with Crippen molar-refractivity contribution in [3.05, 3.63) is 138 Å². The van der Waals surface area contributed by atoms with Crippen LogP contribution in [0, 0.1) is 21.7 Å². The molecule has 608 valence electrons. The third kappa shape index (κ3) is 15.0. The topological polar surface area (TPSA) is 335 Å². The van der Waals surface area contributed by atoms with E-state index in [4.69, 9.17) is 116 Å². The molecule has 24 nitrogen and oxygen atoms in total. The Hall–Kier alpha value is -7.84. The molecule has 4 saturated heterocycles. The number of fused-ring (bicyclic) bond motifs is 4. The minimum Gasteiger partial charge on any atom is -0.355 e. The number of aromatic nitrogens is 16. The van der Waals surface area contributed by atoms with Gasteiger partial charge in [-0.2, -0.15) is 20.4 Å². The fourth-order valence-electron chi connectivity index (χ4n) is 19.0. The molecule has 12 heterocycles. The number of hydrogen-bond acceptors (Lipinski definition) is 20. The number of nitrogens with one attached hydrogen (secondary N) is 4. The zero-order chi connectivity index (χ0) is 80.7. The normalized spacial score (nSPS) is 23.9. The molecular weight excluding hydrogens is 1660 g/mol. The van der Waals surface area contributed by atoms with Gasteiger partial charge in [-0.25, -0.2) is 57.4 Å². The number of nitrogens with two attached hydrogens (primary N) is 4. The molecule has 20 rings (SSSR count). The zero-order valence-corrected chi connectivity index (χ0v) is 68.9. The molecule has 0 unspecified atom stereocenters. The van der Waals surface area contributed by atoms with Crippen LogP contribution in [0.3, 0.4) is 0 Å². The molecule has 0 bridgehead atoms. The summed E-state index contributed by atoms with van der Waals surface area (Å²) >= 11 is 49.9. The van der Waals surface area contributed by atoms with Gasteiger partial charge in [0.05, 0.1) is 87.7 Å². The Balaban J connectivity index is 0.000000111. The minimum absolute atomic E-state index is 0.0731. The van der Waals surface area contributed by atoms with Crippen LogP contribution in [0.15, 0.2) is 97.6 Å². The van der Waals surface area contributed by atoms with Gasteiger partial charge in [-0.1, -0.05) is 141 Å². The van der Waals surface area contributed by atoms with Gasteiger partial charge in [0, 0.05) is 98.8 Å². The molecular formula is C80H84Cl8F4N24. The second-order valence-electron chi connectivity index (χ2n) is 32.1. The molecule has 8 aliphatic rings. The van der Waals surface area contributed by atoms with Crippen molar-refractivity contribution in [3.63, 3.8) is 0 Å². The number of rotatable bonds is 8. The van der Waals surface area contributed by atoms with Gasteiger partial charge in [-0.05, 0) is 149 Å². The molecule has 8 fully saturated rings. The number of H-pyrrole nitrogens is 4. The molecule has 12 aromatic rings. The molecule has 12 N–H and O–H groups in total. The highest BCUT2D eigenvalue weighted by Gasteiger charge is 2.52. The number of alkyl halides is 4. The van der Waals surface area contributed by atoms with Crippen LogP contribution in [0.5, 0.6) is 0 Å². The Bertz CT molecular complexity index is 4930. The number of benzene rings is 4. The predicted molar refractivity (Wildman–Crippen MR) is 453 cm³/mol. The first-order chi connectivity index (χ1) is 55.9. The van der Waals surface area contributed by atoms with E-state index < -0.39 is 24.7 Å². The Morgan fingerprint density at radius 3 is 0.681 bits per heavy atom. The van der Waals surface area contributed by atoms with E-state index in [9.17, 15) is 17.6 Å². The van der Waals surface area contributed by atoms with E-state index in [1.54, 1.807) is 49.1 Å². The largest absolute Gasteiger partial charge is 0.355 e. The van der Waals surface area contributed by atoms with Crippen LogP contribution in [0.25, 0.3) is 89.7 Å². The number of anilines is 4. The van der Waals surface area contributed by atoms with Crippen molar-refractivity contribution < 1.29 is 17.6 Å². The van der Waals surface area contributed by atoms with E-state index in [2.05, 4.69) is 100 Å². The van der Waals surface area contributed by atoms with Crippen LogP contribution in [-0.2, 0) is 0 Å². The molecule has 4 aliphatic heterocycles. The third-order valence-electron chi connectivity index (χ3n) is 26.3. The van der Waals surface area contributed by atoms with Gasteiger partial charge in [0.25, 0.3) is 0 Å². The lowest BCUT2D eigenvalue weighted by Crippen LogP contribution is -2.49. The van der Waals surface area contributed by atoms with E-state index in [0.29, 0.717) is 133 Å². The van der Waals surface area contributed by atoms with Crippen molar-refractivity contribution in [1.82, 2.24) is 80.7 Å². The lowest BCUT2D eigenvalue weighted by molar-refractivity contribution is 0.167. The number of halogens is 12. The lowest BCUT2D eigenvalue weighted by Gasteiger charge is -2.42. The highest BCUT2D eigenvalue weighted by Crippen LogP contribution is 2.52. The second-order valence-corrected chi connectivity index (χ2v) is 35.3. The van der Waals surface area contributed by atoms with Crippen molar-refractivity contribution in [2.75, 3.05) is 72.0 Å². The van der Waals surface area contributed by atoms with Gasteiger partial charge in [0.1, 0.15) is 70.0 Å². The number of nitrogens with zero attached hydrogens (tertiary/aromatic N) is 16. The van der Waals surface area contributed by atoms with E-state index in [1.807, 2.05) is 48.5 Å². The monoisotopic (exact) mass is 1740 g/mol. The van der Waals surface area contributed by atoms with Gasteiger partial charge in [0.2, 0.25) is 22.6 Å². The maximum Gasteiger partial charge on any atom is 0.202 e. The van der Waals surface area contributed by atoms with Crippen LogP contribution >= 0.6 is 92.8 Å². The zero-order valence-electron chi connectivity index (χ0n) is 62.8. The highest BCUT2D eigenvalue weighted by atomic mass is 35.5. The van der Waals surface area contributed by atoms with E-state index in [-0.39, 0.29) is 45.8 Å². The summed E-state index contributed by atoms with van der Waals surface area (Å²) in [6.45, 7) is 6.32. The molecule has 4 spiro atoms. The number of aromatic amines is 4. The fourth-order valence-corrected chi connectivity index (χ4v) is 20.6. The molecule has 8 aromatic heterocycles. The molecule has 0 amide bonds. The summed E-state index contributed by atoms with van der Waals surface area (Å²) in [6, 6.07) is 20.3. The summed E-state index contributed by atoms with van der Waals surface area (Å²) < 4.78 is 55.8. The van der Waals surface area contributed by atoms with Gasteiger partial charge in [-0.3, -0.25) is 20.4 Å². The molecule has 4 aromatic carbocycles. The summed E-state index contributed by atoms with van der Waals surface area (Å²) in [5.74, 6) is 3.08. The van der Waals surface area contributed by atoms with E-state index >= 15 is 0 Å². The molecule has 4 saturated carbocycles. The van der Waals surface area contributed by atoms with E-state index in [0.717, 1.165) is 175 Å². The molecule has 8 atom stereocenters. The van der Waals surface area contributed by atoms with Crippen molar-refractivity contribution in [1.29, 1.82) is 0 Å².